The van der Waals surface area contributed by atoms with E-state index >= 15 is 0 Å². The Balaban J connectivity index is 1.89. The number of benzene rings is 2. The van der Waals surface area contributed by atoms with Gasteiger partial charge in [0.2, 0.25) is 0 Å². The Labute approximate surface area is 116 Å². The van der Waals surface area contributed by atoms with Crippen molar-refractivity contribution >= 4 is 17.0 Å². The maximum absolute atomic E-state index is 12.1. The lowest BCUT2D eigenvalue weighted by molar-refractivity contribution is 0.0734. The van der Waals surface area contributed by atoms with Crippen molar-refractivity contribution in [2.24, 2.45) is 7.05 Å². The first kappa shape index (κ1) is 12.4. The summed E-state index contributed by atoms with van der Waals surface area (Å²) < 4.78 is 7.33. The zero-order valence-corrected chi connectivity index (χ0v) is 11.3. The van der Waals surface area contributed by atoms with Gasteiger partial charge < -0.3 is 9.30 Å². The summed E-state index contributed by atoms with van der Waals surface area (Å²) in [4.78, 5) is 16.4. The number of carbonyl (C=O) groups excluding carboxylic acids is 1. The lowest BCUT2D eigenvalue weighted by Crippen LogP contribution is -2.09. The van der Waals surface area contributed by atoms with Gasteiger partial charge in [-0.15, -0.1) is 0 Å². The van der Waals surface area contributed by atoms with E-state index in [1.807, 2.05) is 42.8 Å². The highest BCUT2D eigenvalue weighted by Crippen LogP contribution is 2.20. The van der Waals surface area contributed by atoms with Gasteiger partial charge in [-0.2, -0.15) is 0 Å². The number of ether oxygens (including phenoxy) is 1. The van der Waals surface area contributed by atoms with Crippen LogP contribution in [0.2, 0.25) is 0 Å². The maximum Gasteiger partial charge on any atom is 0.343 e. The lowest BCUT2D eigenvalue weighted by atomic mass is 10.1. The number of fused-ring (bicyclic) bond motifs is 1. The molecule has 3 rings (SSSR count). The molecule has 0 aliphatic carbocycles. The van der Waals surface area contributed by atoms with Crippen LogP contribution in [0.15, 0.2) is 48.8 Å². The highest BCUT2D eigenvalue weighted by molar-refractivity contribution is 5.93. The zero-order chi connectivity index (χ0) is 14.1. The fourth-order valence-corrected chi connectivity index (χ4v) is 2.14. The van der Waals surface area contributed by atoms with E-state index in [4.69, 9.17) is 4.74 Å². The molecule has 2 aromatic carbocycles. The summed E-state index contributed by atoms with van der Waals surface area (Å²) >= 11 is 0. The van der Waals surface area contributed by atoms with Crippen molar-refractivity contribution in [1.82, 2.24) is 9.55 Å². The maximum atomic E-state index is 12.1. The second kappa shape index (κ2) is 4.81. The van der Waals surface area contributed by atoms with Gasteiger partial charge in [0.25, 0.3) is 0 Å². The van der Waals surface area contributed by atoms with Crippen molar-refractivity contribution in [1.29, 1.82) is 0 Å². The van der Waals surface area contributed by atoms with Gasteiger partial charge in [-0.1, -0.05) is 18.2 Å². The van der Waals surface area contributed by atoms with E-state index in [9.17, 15) is 4.79 Å². The van der Waals surface area contributed by atoms with Crippen LogP contribution in [-0.4, -0.2) is 15.5 Å². The predicted octanol–water partition coefficient (Wildman–Crippen LogP) is 3.10. The van der Waals surface area contributed by atoms with Gasteiger partial charge in [-0.3, -0.25) is 0 Å². The third-order valence-electron chi connectivity index (χ3n) is 3.27. The zero-order valence-electron chi connectivity index (χ0n) is 11.3. The highest BCUT2D eigenvalue weighted by Gasteiger charge is 2.11. The van der Waals surface area contributed by atoms with E-state index in [1.165, 1.54) is 0 Å². The van der Waals surface area contributed by atoms with Crippen LogP contribution in [0, 0.1) is 6.92 Å². The summed E-state index contributed by atoms with van der Waals surface area (Å²) in [5, 5.41) is 0. The molecule has 0 aliphatic heterocycles. The molecule has 100 valence electrons. The van der Waals surface area contributed by atoms with Crippen LogP contribution in [0.5, 0.6) is 5.75 Å². The topological polar surface area (TPSA) is 44.1 Å². The fraction of sp³-hybridized carbons (Fsp3) is 0.125. The number of aromatic nitrogens is 2. The van der Waals surface area contributed by atoms with Gasteiger partial charge in [0, 0.05) is 13.1 Å². The molecule has 0 atom stereocenters. The largest absolute Gasteiger partial charge is 0.423 e. The third-order valence-corrected chi connectivity index (χ3v) is 3.27. The van der Waals surface area contributed by atoms with Crippen molar-refractivity contribution in [2.45, 2.75) is 6.92 Å². The Kier molecular flexibility index (Phi) is 2.99. The second-order valence-corrected chi connectivity index (χ2v) is 4.71. The van der Waals surface area contributed by atoms with E-state index in [1.54, 1.807) is 24.5 Å². The highest BCUT2D eigenvalue weighted by atomic mass is 16.5. The molecule has 0 amide bonds. The first-order chi connectivity index (χ1) is 9.65. The SMILES string of the molecule is Cc1ccccc1C(=O)Oc1ccc2c(c1)ncn2C. The molecular formula is C16H14N2O2. The summed E-state index contributed by atoms with van der Waals surface area (Å²) in [6.45, 7) is 1.89. The molecule has 0 aliphatic rings. The van der Waals surface area contributed by atoms with Crippen LogP contribution in [0.4, 0.5) is 0 Å². The van der Waals surface area contributed by atoms with Crippen LogP contribution in [0.25, 0.3) is 11.0 Å². The molecule has 4 nitrogen and oxygen atoms in total. The third kappa shape index (κ3) is 2.16. The van der Waals surface area contributed by atoms with Gasteiger partial charge in [0.1, 0.15) is 5.75 Å². The summed E-state index contributed by atoms with van der Waals surface area (Å²) in [6.07, 6.45) is 1.73. The van der Waals surface area contributed by atoms with Crippen LogP contribution in [-0.2, 0) is 7.05 Å². The summed E-state index contributed by atoms with van der Waals surface area (Å²) in [6, 6.07) is 12.8. The van der Waals surface area contributed by atoms with E-state index in [0.717, 1.165) is 16.6 Å². The number of aryl methyl sites for hydroxylation is 2. The lowest BCUT2D eigenvalue weighted by Gasteiger charge is -2.06. The Hall–Kier alpha value is -2.62. The average Bonchev–Trinajstić information content (AvgIpc) is 2.80. The fourth-order valence-electron chi connectivity index (χ4n) is 2.14. The van der Waals surface area contributed by atoms with Gasteiger partial charge >= 0.3 is 5.97 Å². The number of imidazole rings is 1. The Bertz CT molecular complexity index is 790. The van der Waals surface area contributed by atoms with E-state index in [0.29, 0.717) is 11.3 Å². The molecule has 1 heterocycles. The molecule has 0 radical (unpaired) electrons. The number of nitrogens with zero attached hydrogens (tertiary/aromatic N) is 2. The molecule has 3 aromatic rings. The first-order valence-corrected chi connectivity index (χ1v) is 6.34. The molecule has 20 heavy (non-hydrogen) atoms. The van der Waals surface area contributed by atoms with Gasteiger partial charge in [-0.25, -0.2) is 9.78 Å². The van der Waals surface area contributed by atoms with E-state index < -0.39 is 0 Å². The molecular weight excluding hydrogens is 252 g/mol. The number of esters is 1. The first-order valence-electron chi connectivity index (χ1n) is 6.34. The minimum absolute atomic E-state index is 0.349. The van der Waals surface area contributed by atoms with Crippen LogP contribution >= 0.6 is 0 Å². The van der Waals surface area contributed by atoms with Crippen molar-refractivity contribution in [2.75, 3.05) is 0 Å². The summed E-state index contributed by atoms with van der Waals surface area (Å²) in [5.41, 5.74) is 3.29. The Morgan fingerprint density at radius 3 is 2.80 bits per heavy atom. The molecule has 4 heteroatoms. The number of rotatable bonds is 2. The molecule has 0 bridgehead atoms. The van der Waals surface area contributed by atoms with Gasteiger partial charge in [-0.05, 0) is 30.7 Å². The van der Waals surface area contributed by atoms with E-state index in [-0.39, 0.29) is 5.97 Å². The number of hydrogen-bond donors (Lipinski definition) is 0. The normalized spacial score (nSPS) is 10.7. The predicted molar refractivity (Wildman–Crippen MR) is 76.9 cm³/mol. The Morgan fingerprint density at radius 2 is 2.00 bits per heavy atom. The van der Waals surface area contributed by atoms with Crippen LogP contribution in [0.1, 0.15) is 15.9 Å². The molecule has 0 fully saturated rings. The minimum Gasteiger partial charge on any atom is -0.423 e. The Morgan fingerprint density at radius 1 is 1.20 bits per heavy atom. The smallest absolute Gasteiger partial charge is 0.343 e. The molecule has 0 saturated heterocycles. The molecule has 1 aromatic heterocycles. The monoisotopic (exact) mass is 266 g/mol. The minimum atomic E-state index is -0.349. The van der Waals surface area contributed by atoms with Crippen molar-refractivity contribution < 1.29 is 9.53 Å². The van der Waals surface area contributed by atoms with Crippen LogP contribution < -0.4 is 4.74 Å². The van der Waals surface area contributed by atoms with Gasteiger partial charge in [0.15, 0.2) is 0 Å². The standard InChI is InChI=1S/C16H14N2O2/c1-11-5-3-4-6-13(11)16(19)20-12-7-8-15-14(9-12)17-10-18(15)2/h3-10H,1-2H3. The number of hydrogen-bond acceptors (Lipinski definition) is 3. The number of carbonyl (C=O) groups is 1. The van der Waals surface area contributed by atoms with Crippen molar-refractivity contribution in [3.8, 4) is 5.75 Å². The van der Waals surface area contributed by atoms with E-state index in [2.05, 4.69) is 4.98 Å². The summed E-state index contributed by atoms with van der Waals surface area (Å²) in [5.74, 6) is 0.155. The van der Waals surface area contributed by atoms with Crippen molar-refractivity contribution in [3.63, 3.8) is 0 Å². The molecule has 0 saturated carbocycles. The van der Waals surface area contributed by atoms with Crippen LogP contribution in [0.3, 0.4) is 0 Å². The van der Waals surface area contributed by atoms with Crippen molar-refractivity contribution in [3.05, 3.63) is 59.9 Å². The molecule has 0 unspecified atom stereocenters. The average molecular weight is 266 g/mol. The molecule has 0 spiro atoms. The van der Waals surface area contributed by atoms with Gasteiger partial charge in [0.05, 0.1) is 22.9 Å². The molecule has 0 N–H and O–H groups in total. The summed E-state index contributed by atoms with van der Waals surface area (Å²) in [7, 11) is 1.92. The quantitative estimate of drug-likeness (QED) is 0.529. The second-order valence-electron chi connectivity index (χ2n) is 4.71.